The Bertz CT molecular complexity index is 1290. The minimum Gasteiger partial charge on any atom is -0.467 e. The highest BCUT2D eigenvalue weighted by molar-refractivity contribution is 5.91. The van der Waals surface area contributed by atoms with Crippen molar-refractivity contribution in [3.8, 4) is 0 Å². The fourth-order valence-electron chi connectivity index (χ4n) is 4.82. The van der Waals surface area contributed by atoms with Crippen molar-refractivity contribution in [3.05, 3.63) is 71.3 Å². The van der Waals surface area contributed by atoms with Gasteiger partial charge in [0, 0.05) is 32.5 Å². The lowest BCUT2D eigenvalue weighted by Gasteiger charge is -2.28. The molecule has 1 aliphatic rings. The molecule has 1 saturated heterocycles. The number of esters is 2. The van der Waals surface area contributed by atoms with Crippen molar-refractivity contribution in [3.63, 3.8) is 0 Å². The molecule has 11 nitrogen and oxygen atoms in total. The molecular formula is C30H36F2N4O7. The first kappa shape index (κ1) is 33.0. The molecule has 4 amide bonds. The van der Waals surface area contributed by atoms with Gasteiger partial charge in [0.15, 0.2) is 6.04 Å². The van der Waals surface area contributed by atoms with E-state index in [1.54, 1.807) is 0 Å². The van der Waals surface area contributed by atoms with Gasteiger partial charge in [-0.3, -0.25) is 9.59 Å². The summed E-state index contributed by atoms with van der Waals surface area (Å²) in [6.45, 7) is 3.33. The molecule has 13 heteroatoms. The molecule has 1 unspecified atom stereocenters. The number of rotatable bonds is 12. The molecule has 1 heterocycles. The van der Waals surface area contributed by atoms with Gasteiger partial charge < -0.3 is 30.3 Å². The van der Waals surface area contributed by atoms with E-state index < -0.39 is 59.7 Å². The zero-order valence-corrected chi connectivity index (χ0v) is 24.2. The van der Waals surface area contributed by atoms with E-state index in [1.165, 1.54) is 18.7 Å². The lowest BCUT2D eigenvalue weighted by molar-refractivity contribution is -0.163. The molecule has 3 rings (SSSR count). The Morgan fingerprint density at radius 1 is 1.00 bits per heavy atom. The van der Waals surface area contributed by atoms with Crippen LogP contribution in [0.5, 0.6) is 0 Å². The summed E-state index contributed by atoms with van der Waals surface area (Å²) < 4.78 is 38.0. The average molecular weight is 603 g/mol. The quantitative estimate of drug-likeness (QED) is 0.316. The van der Waals surface area contributed by atoms with E-state index in [9.17, 15) is 32.8 Å². The summed E-state index contributed by atoms with van der Waals surface area (Å²) in [5.74, 6) is -4.62. The number of urea groups is 1. The molecule has 43 heavy (non-hydrogen) atoms. The first-order chi connectivity index (χ1) is 20.5. The van der Waals surface area contributed by atoms with Crippen molar-refractivity contribution in [2.45, 2.75) is 63.8 Å². The Balaban J connectivity index is 1.73. The Morgan fingerprint density at radius 3 is 2.30 bits per heavy atom. The van der Waals surface area contributed by atoms with Gasteiger partial charge in [-0.1, -0.05) is 30.3 Å². The highest BCUT2D eigenvalue weighted by atomic mass is 19.1. The minimum absolute atomic E-state index is 0.0712. The molecule has 0 aromatic heterocycles. The van der Waals surface area contributed by atoms with Crippen LogP contribution in [0, 0.1) is 11.6 Å². The van der Waals surface area contributed by atoms with E-state index in [0.29, 0.717) is 31.9 Å². The number of likely N-dealkylation sites (tertiary alicyclic amines) is 1. The lowest BCUT2D eigenvalue weighted by atomic mass is 10.0. The van der Waals surface area contributed by atoms with E-state index in [1.807, 2.05) is 30.3 Å². The molecule has 1 fully saturated rings. The Kier molecular flexibility index (Phi) is 12.0. The van der Waals surface area contributed by atoms with Gasteiger partial charge in [0.05, 0.1) is 7.11 Å². The van der Waals surface area contributed by atoms with Gasteiger partial charge in [0.2, 0.25) is 11.8 Å². The lowest BCUT2D eigenvalue weighted by Crippen LogP contribution is -2.57. The number of benzene rings is 2. The number of hydrogen-bond donors (Lipinski definition) is 3. The third-order valence-electron chi connectivity index (χ3n) is 6.98. The van der Waals surface area contributed by atoms with Crippen molar-refractivity contribution in [2.24, 2.45) is 0 Å². The van der Waals surface area contributed by atoms with Gasteiger partial charge in [-0.15, -0.1) is 0 Å². The summed E-state index contributed by atoms with van der Waals surface area (Å²) in [5, 5.41) is 7.55. The molecule has 0 radical (unpaired) electrons. The number of halogens is 2. The number of ether oxygens (including phenoxy) is 2. The van der Waals surface area contributed by atoms with Crippen molar-refractivity contribution in [1.29, 1.82) is 0 Å². The number of carbonyl (C=O) groups is 5. The molecule has 2 aromatic carbocycles. The number of hydrogen-bond acceptors (Lipinski definition) is 7. The van der Waals surface area contributed by atoms with Crippen LogP contribution in [0.3, 0.4) is 0 Å². The standard InChI is InChI=1S/C30H36F2N4O7/c1-18(43-28(39)25-10-7-13-36(25)19(2)37)26(29(40)42-3)35-27(38)24(16-21-14-22(31)17-23(32)15-21)34-30(41)33-12-11-20-8-5-4-6-9-20/h4-6,8-9,14-15,17-18,24-26H,7,10-13,16H2,1-3H3,(H,35,38)(H2,33,34,41)/t18-,24+,25?,26+/m1/s1. The van der Waals surface area contributed by atoms with E-state index in [0.717, 1.165) is 24.8 Å². The van der Waals surface area contributed by atoms with Crippen LogP contribution in [-0.2, 0) is 41.5 Å². The second-order valence-corrected chi connectivity index (χ2v) is 10.2. The maximum absolute atomic E-state index is 13.9. The molecule has 232 valence electrons. The third-order valence-corrected chi connectivity index (χ3v) is 6.98. The second kappa shape index (κ2) is 15.6. The largest absolute Gasteiger partial charge is 0.467 e. The molecule has 1 aliphatic heterocycles. The van der Waals surface area contributed by atoms with E-state index in [4.69, 9.17) is 9.47 Å². The van der Waals surface area contributed by atoms with Crippen molar-refractivity contribution < 1.29 is 42.2 Å². The normalized spacial score (nSPS) is 16.4. The van der Waals surface area contributed by atoms with Crippen LogP contribution in [0.25, 0.3) is 0 Å². The highest BCUT2D eigenvalue weighted by Gasteiger charge is 2.38. The maximum atomic E-state index is 13.9. The summed E-state index contributed by atoms with van der Waals surface area (Å²) in [7, 11) is 1.08. The molecule has 0 spiro atoms. The SMILES string of the molecule is COC(=O)[C@@H](NC(=O)[C@H](Cc1cc(F)cc(F)c1)NC(=O)NCCc1ccccc1)[C@@H](C)OC(=O)C1CCCN1C(C)=O. The smallest absolute Gasteiger partial charge is 0.332 e. The second-order valence-electron chi connectivity index (χ2n) is 10.2. The fraction of sp³-hybridized carbons (Fsp3) is 0.433. The first-order valence-electron chi connectivity index (χ1n) is 13.9. The zero-order valence-electron chi connectivity index (χ0n) is 24.2. The van der Waals surface area contributed by atoms with Crippen LogP contribution >= 0.6 is 0 Å². The highest BCUT2D eigenvalue weighted by Crippen LogP contribution is 2.20. The molecule has 2 aromatic rings. The molecule has 3 N–H and O–H groups in total. The number of amides is 4. The van der Waals surface area contributed by atoms with Crippen molar-refractivity contribution in [1.82, 2.24) is 20.9 Å². The third kappa shape index (κ3) is 9.76. The predicted molar refractivity (Wildman–Crippen MR) is 150 cm³/mol. The Labute approximate surface area is 248 Å². The first-order valence-corrected chi connectivity index (χ1v) is 13.9. The molecule has 0 bridgehead atoms. The molecule has 0 aliphatic carbocycles. The van der Waals surface area contributed by atoms with Crippen LogP contribution in [0.1, 0.15) is 37.8 Å². The summed E-state index contributed by atoms with van der Waals surface area (Å²) in [6, 6.07) is 7.61. The Hall–Kier alpha value is -4.55. The van der Waals surface area contributed by atoms with Gasteiger partial charge in [0.25, 0.3) is 0 Å². The van der Waals surface area contributed by atoms with Gasteiger partial charge in [-0.25, -0.2) is 23.2 Å². The van der Waals surface area contributed by atoms with Crippen LogP contribution in [0.15, 0.2) is 48.5 Å². The van der Waals surface area contributed by atoms with Crippen molar-refractivity contribution >= 4 is 29.8 Å². The van der Waals surface area contributed by atoms with Crippen LogP contribution in [0.2, 0.25) is 0 Å². The summed E-state index contributed by atoms with van der Waals surface area (Å²) in [6.07, 6.45) is -0.0624. The van der Waals surface area contributed by atoms with Gasteiger partial charge in [0.1, 0.15) is 29.8 Å². The zero-order chi connectivity index (χ0) is 31.5. The van der Waals surface area contributed by atoms with E-state index in [2.05, 4.69) is 16.0 Å². The van der Waals surface area contributed by atoms with Crippen LogP contribution in [-0.4, -0.2) is 79.1 Å². The van der Waals surface area contributed by atoms with Gasteiger partial charge in [-0.05, 0) is 49.4 Å². The fourth-order valence-corrected chi connectivity index (χ4v) is 4.82. The van der Waals surface area contributed by atoms with Crippen LogP contribution < -0.4 is 16.0 Å². The predicted octanol–water partition coefficient (Wildman–Crippen LogP) is 2.02. The average Bonchev–Trinajstić information content (AvgIpc) is 3.46. The Morgan fingerprint density at radius 2 is 1.67 bits per heavy atom. The molecule has 4 atom stereocenters. The summed E-state index contributed by atoms with van der Waals surface area (Å²) >= 11 is 0. The molecule has 0 saturated carbocycles. The van der Waals surface area contributed by atoms with Crippen molar-refractivity contribution in [2.75, 3.05) is 20.2 Å². The van der Waals surface area contributed by atoms with Crippen LogP contribution in [0.4, 0.5) is 13.6 Å². The van der Waals surface area contributed by atoms with E-state index >= 15 is 0 Å². The summed E-state index contributed by atoms with van der Waals surface area (Å²) in [4.78, 5) is 64.9. The summed E-state index contributed by atoms with van der Waals surface area (Å²) in [5.41, 5.74) is 1.04. The number of nitrogens with zero attached hydrogens (tertiary/aromatic N) is 1. The topological polar surface area (TPSA) is 143 Å². The number of carbonyl (C=O) groups excluding carboxylic acids is 5. The van der Waals surface area contributed by atoms with Gasteiger partial charge >= 0.3 is 18.0 Å². The maximum Gasteiger partial charge on any atom is 0.332 e. The number of methoxy groups -OCH3 is 1. The molecular weight excluding hydrogens is 566 g/mol. The van der Waals surface area contributed by atoms with Gasteiger partial charge in [-0.2, -0.15) is 0 Å². The monoisotopic (exact) mass is 602 g/mol. The minimum atomic E-state index is -1.50. The number of nitrogens with one attached hydrogen (secondary N) is 3. The van der Waals surface area contributed by atoms with E-state index in [-0.39, 0.29) is 24.4 Å².